The van der Waals surface area contributed by atoms with Gasteiger partial charge in [-0.25, -0.2) is 4.39 Å². The Morgan fingerprint density at radius 1 is 1.46 bits per heavy atom. The topological polar surface area (TPSA) is 43.8 Å². The molecule has 13 heavy (non-hydrogen) atoms. The number of halogens is 1. The van der Waals surface area contributed by atoms with E-state index >= 15 is 0 Å². The predicted octanol–water partition coefficient (Wildman–Crippen LogP) is 1.60. The molecule has 1 aromatic carbocycles. The van der Waals surface area contributed by atoms with Crippen LogP contribution in [0, 0.1) is 12.7 Å². The zero-order chi connectivity index (χ0) is 9.59. The van der Waals surface area contributed by atoms with Crippen molar-refractivity contribution in [3.8, 4) is 0 Å². The van der Waals surface area contributed by atoms with Gasteiger partial charge in [0.05, 0.1) is 10.9 Å². The largest absolute Gasteiger partial charge is 0.399 e. The first-order valence-electron chi connectivity index (χ1n) is 3.98. The molecule has 0 fully saturated rings. The van der Waals surface area contributed by atoms with Crippen molar-refractivity contribution in [2.24, 2.45) is 7.05 Å². The fraction of sp³-hybridized carbons (Fsp3) is 0.222. The molecule has 0 atom stereocenters. The minimum atomic E-state index is -0.305. The van der Waals surface area contributed by atoms with E-state index in [0.29, 0.717) is 16.6 Å². The third-order valence-electron chi connectivity index (χ3n) is 2.20. The molecule has 0 aliphatic carbocycles. The lowest BCUT2D eigenvalue weighted by Crippen LogP contribution is -1.91. The number of nitrogen functional groups attached to an aromatic ring is 1. The third kappa shape index (κ3) is 1.06. The number of aryl methyl sites for hydroxylation is 2. The Hall–Kier alpha value is -1.58. The highest BCUT2D eigenvalue weighted by molar-refractivity contribution is 5.84. The molecule has 3 nitrogen and oxygen atoms in total. The summed E-state index contributed by atoms with van der Waals surface area (Å²) in [6, 6.07) is 2.99. The molecular formula is C9H10FN3. The molecule has 0 bridgehead atoms. The standard InChI is InChI=1S/C9H10FN3/c1-5-9-7(10)3-6(11)4-8(9)12-13(5)2/h3-4H,11H2,1-2H3. The Balaban J connectivity index is 2.94. The van der Waals surface area contributed by atoms with Crippen LogP contribution in [0.25, 0.3) is 10.9 Å². The SMILES string of the molecule is Cc1c2c(F)cc(N)cc2nn1C. The quantitative estimate of drug-likeness (QED) is 0.624. The summed E-state index contributed by atoms with van der Waals surface area (Å²) in [5.74, 6) is -0.305. The zero-order valence-electron chi connectivity index (χ0n) is 7.50. The summed E-state index contributed by atoms with van der Waals surface area (Å²) in [6.07, 6.45) is 0. The maximum absolute atomic E-state index is 13.4. The van der Waals surface area contributed by atoms with Crippen molar-refractivity contribution in [3.63, 3.8) is 0 Å². The Morgan fingerprint density at radius 2 is 2.15 bits per heavy atom. The number of aromatic nitrogens is 2. The van der Waals surface area contributed by atoms with Gasteiger partial charge < -0.3 is 5.73 Å². The van der Waals surface area contributed by atoms with E-state index in [-0.39, 0.29) is 5.82 Å². The number of nitrogens with zero attached hydrogens (tertiary/aromatic N) is 2. The van der Waals surface area contributed by atoms with Gasteiger partial charge in [-0.05, 0) is 19.1 Å². The highest BCUT2D eigenvalue weighted by Crippen LogP contribution is 2.23. The van der Waals surface area contributed by atoms with Crippen molar-refractivity contribution in [2.75, 3.05) is 5.73 Å². The van der Waals surface area contributed by atoms with Gasteiger partial charge in [0.25, 0.3) is 0 Å². The second-order valence-electron chi connectivity index (χ2n) is 3.11. The van der Waals surface area contributed by atoms with Gasteiger partial charge in [-0.1, -0.05) is 0 Å². The summed E-state index contributed by atoms with van der Waals surface area (Å²) in [7, 11) is 1.78. The zero-order valence-corrected chi connectivity index (χ0v) is 7.50. The van der Waals surface area contributed by atoms with Crippen molar-refractivity contribution >= 4 is 16.6 Å². The maximum atomic E-state index is 13.4. The lowest BCUT2D eigenvalue weighted by atomic mass is 10.2. The van der Waals surface area contributed by atoms with Crippen LogP contribution in [0.1, 0.15) is 5.69 Å². The number of rotatable bonds is 0. The number of nitrogens with two attached hydrogens (primary N) is 1. The molecule has 0 saturated carbocycles. The highest BCUT2D eigenvalue weighted by atomic mass is 19.1. The molecule has 2 rings (SSSR count). The van der Waals surface area contributed by atoms with Crippen LogP contribution < -0.4 is 5.73 Å². The third-order valence-corrected chi connectivity index (χ3v) is 2.20. The first kappa shape index (κ1) is 8.04. The van der Waals surface area contributed by atoms with Gasteiger partial charge in [0.2, 0.25) is 0 Å². The van der Waals surface area contributed by atoms with E-state index in [2.05, 4.69) is 5.10 Å². The monoisotopic (exact) mass is 179 g/mol. The molecule has 0 aliphatic heterocycles. The van der Waals surface area contributed by atoms with E-state index in [4.69, 9.17) is 5.73 Å². The first-order valence-corrected chi connectivity index (χ1v) is 3.98. The molecule has 1 heterocycles. The molecule has 0 unspecified atom stereocenters. The Labute approximate surface area is 75.0 Å². The van der Waals surface area contributed by atoms with E-state index in [0.717, 1.165) is 5.69 Å². The van der Waals surface area contributed by atoms with Crippen LogP contribution in [0.2, 0.25) is 0 Å². The molecule has 2 N–H and O–H groups in total. The second-order valence-corrected chi connectivity index (χ2v) is 3.11. The number of anilines is 1. The van der Waals surface area contributed by atoms with Gasteiger partial charge >= 0.3 is 0 Å². The molecule has 4 heteroatoms. The van der Waals surface area contributed by atoms with E-state index in [1.807, 2.05) is 6.92 Å². The Morgan fingerprint density at radius 3 is 2.85 bits per heavy atom. The van der Waals surface area contributed by atoms with Crippen LogP contribution in [-0.4, -0.2) is 9.78 Å². The predicted molar refractivity (Wildman–Crippen MR) is 49.8 cm³/mol. The highest BCUT2D eigenvalue weighted by Gasteiger charge is 2.10. The Bertz CT molecular complexity index is 473. The number of hydrogen-bond donors (Lipinski definition) is 1. The second kappa shape index (κ2) is 2.45. The van der Waals surface area contributed by atoms with Crippen molar-refractivity contribution in [1.29, 1.82) is 0 Å². The molecular weight excluding hydrogens is 169 g/mol. The average molecular weight is 179 g/mol. The number of hydrogen-bond acceptors (Lipinski definition) is 2. The van der Waals surface area contributed by atoms with Gasteiger partial charge in [-0.15, -0.1) is 0 Å². The van der Waals surface area contributed by atoms with Crippen LogP contribution >= 0.6 is 0 Å². The summed E-state index contributed by atoms with van der Waals surface area (Å²) in [6.45, 7) is 1.83. The summed E-state index contributed by atoms with van der Waals surface area (Å²) in [5, 5.41) is 4.68. The van der Waals surface area contributed by atoms with Crippen molar-refractivity contribution in [2.45, 2.75) is 6.92 Å². The summed E-state index contributed by atoms with van der Waals surface area (Å²) < 4.78 is 15.0. The van der Waals surface area contributed by atoms with Gasteiger partial charge in [-0.3, -0.25) is 4.68 Å². The summed E-state index contributed by atoms with van der Waals surface area (Å²) >= 11 is 0. The summed E-state index contributed by atoms with van der Waals surface area (Å²) in [4.78, 5) is 0. The van der Waals surface area contributed by atoms with E-state index in [9.17, 15) is 4.39 Å². The molecule has 1 aromatic heterocycles. The maximum Gasteiger partial charge on any atom is 0.136 e. The van der Waals surface area contributed by atoms with E-state index in [1.165, 1.54) is 6.07 Å². The molecule has 0 radical (unpaired) electrons. The van der Waals surface area contributed by atoms with Crippen molar-refractivity contribution < 1.29 is 4.39 Å². The Kier molecular flexibility index (Phi) is 1.52. The van der Waals surface area contributed by atoms with E-state index < -0.39 is 0 Å². The lowest BCUT2D eigenvalue weighted by molar-refractivity contribution is 0.639. The molecule has 0 aliphatic rings. The van der Waals surface area contributed by atoms with Gasteiger partial charge in [0, 0.05) is 18.4 Å². The van der Waals surface area contributed by atoms with Crippen LogP contribution in [-0.2, 0) is 7.05 Å². The fourth-order valence-corrected chi connectivity index (χ4v) is 1.45. The molecule has 2 aromatic rings. The van der Waals surface area contributed by atoms with Crippen LogP contribution in [0.4, 0.5) is 10.1 Å². The van der Waals surface area contributed by atoms with Crippen LogP contribution in [0.15, 0.2) is 12.1 Å². The minimum Gasteiger partial charge on any atom is -0.399 e. The number of fused-ring (bicyclic) bond motifs is 1. The van der Waals surface area contributed by atoms with Gasteiger partial charge in [0.15, 0.2) is 0 Å². The fourth-order valence-electron chi connectivity index (χ4n) is 1.45. The smallest absolute Gasteiger partial charge is 0.136 e. The van der Waals surface area contributed by atoms with Crippen molar-refractivity contribution in [1.82, 2.24) is 9.78 Å². The van der Waals surface area contributed by atoms with Gasteiger partial charge in [-0.2, -0.15) is 5.10 Å². The molecule has 0 spiro atoms. The van der Waals surface area contributed by atoms with Crippen molar-refractivity contribution in [3.05, 3.63) is 23.6 Å². The first-order chi connectivity index (χ1) is 6.09. The molecule has 0 amide bonds. The van der Waals surface area contributed by atoms with E-state index in [1.54, 1.807) is 17.8 Å². The lowest BCUT2D eigenvalue weighted by Gasteiger charge is -1.95. The van der Waals surface area contributed by atoms with Crippen LogP contribution in [0.3, 0.4) is 0 Å². The molecule has 68 valence electrons. The average Bonchev–Trinajstić information content (AvgIpc) is 2.27. The summed E-state index contributed by atoms with van der Waals surface area (Å²) in [5.41, 5.74) is 7.32. The molecule has 0 saturated heterocycles. The minimum absolute atomic E-state index is 0.305. The normalized spacial score (nSPS) is 11.0. The van der Waals surface area contributed by atoms with Crippen LogP contribution in [0.5, 0.6) is 0 Å². The van der Waals surface area contributed by atoms with Gasteiger partial charge in [0.1, 0.15) is 5.82 Å². The number of benzene rings is 1.